The summed E-state index contributed by atoms with van der Waals surface area (Å²) in [7, 11) is 1.41. The maximum absolute atomic E-state index is 12.8. The smallest absolute Gasteiger partial charge is 0.168 e. The summed E-state index contributed by atoms with van der Waals surface area (Å²) in [5.41, 5.74) is -0.0310. The van der Waals surface area contributed by atoms with Crippen LogP contribution in [0.5, 0.6) is 0 Å². The molecule has 1 aromatic carbocycles. The van der Waals surface area contributed by atoms with Crippen molar-refractivity contribution in [3.63, 3.8) is 0 Å². The van der Waals surface area contributed by atoms with Gasteiger partial charge in [0.15, 0.2) is 5.79 Å². The molecular weight excluding hydrogens is 209 g/mol. The van der Waals surface area contributed by atoms with Crippen molar-refractivity contribution < 1.29 is 14.2 Å². The van der Waals surface area contributed by atoms with Crippen LogP contribution >= 0.6 is 0 Å². The van der Waals surface area contributed by atoms with Crippen LogP contribution < -0.4 is 0 Å². The van der Waals surface area contributed by atoms with Crippen LogP contribution in [0.2, 0.25) is 0 Å². The van der Waals surface area contributed by atoms with Crippen molar-refractivity contribution in [2.75, 3.05) is 7.11 Å². The molecule has 0 unspecified atom stereocenters. The summed E-state index contributed by atoms with van der Waals surface area (Å²) in [5, 5.41) is 18.9. The zero-order chi connectivity index (χ0) is 11.8. The third-order valence-electron chi connectivity index (χ3n) is 3.15. The van der Waals surface area contributed by atoms with Gasteiger partial charge in [0.25, 0.3) is 0 Å². The van der Waals surface area contributed by atoms with Crippen LogP contribution in [0.3, 0.4) is 0 Å². The molecular formula is C12H12FNO2. The van der Waals surface area contributed by atoms with Crippen LogP contribution in [-0.2, 0) is 10.2 Å². The molecule has 3 nitrogen and oxygen atoms in total. The fraction of sp³-hybridized carbons (Fsp3) is 0.417. The van der Waals surface area contributed by atoms with Crippen LogP contribution in [-0.4, -0.2) is 18.0 Å². The van der Waals surface area contributed by atoms with Gasteiger partial charge in [-0.2, -0.15) is 5.26 Å². The molecule has 0 radical (unpaired) electrons. The van der Waals surface area contributed by atoms with Gasteiger partial charge in [-0.1, -0.05) is 12.1 Å². The lowest BCUT2D eigenvalue weighted by atomic mass is 9.61. The molecule has 0 bridgehead atoms. The van der Waals surface area contributed by atoms with Gasteiger partial charge in [-0.3, -0.25) is 0 Å². The van der Waals surface area contributed by atoms with Gasteiger partial charge in [0, 0.05) is 20.0 Å². The molecule has 1 aromatic rings. The molecule has 16 heavy (non-hydrogen) atoms. The Morgan fingerprint density at radius 2 is 1.94 bits per heavy atom. The highest BCUT2D eigenvalue weighted by Gasteiger charge is 2.56. The van der Waals surface area contributed by atoms with Crippen molar-refractivity contribution in [2.45, 2.75) is 24.0 Å². The van der Waals surface area contributed by atoms with Gasteiger partial charge in [0.1, 0.15) is 5.82 Å². The van der Waals surface area contributed by atoms with Gasteiger partial charge in [0.05, 0.1) is 11.5 Å². The molecule has 1 fully saturated rings. The molecule has 84 valence electrons. The minimum atomic E-state index is -1.22. The summed E-state index contributed by atoms with van der Waals surface area (Å²) in [6, 6.07) is 7.97. The number of halogens is 1. The van der Waals surface area contributed by atoms with Gasteiger partial charge in [0.2, 0.25) is 0 Å². The first kappa shape index (κ1) is 11.1. The predicted octanol–water partition coefficient (Wildman–Crippen LogP) is 1.72. The zero-order valence-electron chi connectivity index (χ0n) is 8.90. The summed E-state index contributed by atoms with van der Waals surface area (Å²) in [6.07, 6.45) is 0.442. The minimum absolute atomic E-state index is 0.221. The van der Waals surface area contributed by atoms with Crippen molar-refractivity contribution in [3.05, 3.63) is 35.6 Å². The van der Waals surface area contributed by atoms with E-state index < -0.39 is 11.2 Å². The summed E-state index contributed by atoms with van der Waals surface area (Å²) in [5.74, 6) is -1.55. The van der Waals surface area contributed by atoms with E-state index in [1.165, 1.54) is 19.2 Å². The van der Waals surface area contributed by atoms with E-state index in [-0.39, 0.29) is 18.7 Å². The lowest BCUT2D eigenvalue weighted by molar-refractivity contribution is -0.252. The zero-order valence-corrected chi connectivity index (χ0v) is 8.90. The standard InChI is InChI=1S/C12H12FNO2/c1-16-12(15)6-11(7-12,8-14)9-2-4-10(13)5-3-9/h2-5,15H,6-7H2,1H3. The summed E-state index contributed by atoms with van der Waals surface area (Å²) >= 11 is 0. The molecule has 0 saturated heterocycles. The number of benzene rings is 1. The fourth-order valence-electron chi connectivity index (χ4n) is 2.15. The van der Waals surface area contributed by atoms with Crippen LogP contribution in [0.25, 0.3) is 0 Å². The van der Waals surface area contributed by atoms with Crippen molar-refractivity contribution in [3.8, 4) is 6.07 Å². The first-order valence-electron chi connectivity index (χ1n) is 4.98. The monoisotopic (exact) mass is 221 g/mol. The largest absolute Gasteiger partial charge is 0.365 e. The Balaban J connectivity index is 2.27. The first-order chi connectivity index (χ1) is 7.53. The van der Waals surface area contributed by atoms with Gasteiger partial charge >= 0.3 is 0 Å². The highest BCUT2D eigenvalue weighted by molar-refractivity contribution is 5.37. The molecule has 0 heterocycles. The lowest BCUT2D eigenvalue weighted by Gasteiger charge is -2.48. The van der Waals surface area contributed by atoms with E-state index in [4.69, 9.17) is 4.74 Å². The molecule has 2 rings (SSSR count). The Kier molecular flexibility index (Phi) is 2.45. The van der Waals surface area contributed by atoms with Gasteiger partial charge in [-0.25, -0.2) is 4.39 Å². The van der Waals surface area contributed by atoms with Gasteiger partial charge in [-0.05, 0) is 17.7 Å². The SMILES string of the molecule is COC1(O)CC(C#N)(c2ccc(F)cc2)C1. The Morgan fingerprint density at radius 1 is 1.38 bits per heavy atom. The van der Waals surface area contributed by atoms with E-state index >= 15 is 0 Å². The minimum Gasteiger partial charge on any atom is -0.365 e. The maximum atomic E-state index is 12.8. The Labute approximate surface area is 93.1 Å². The van der Waals surface area contributed by atoms with Gasteiger partial charge in [-0.15, -0.1) is 0 Å². The maximum Gasteiger partial charge on any atom is 0.168 e. The molecule has 1 saturated carbocycles. The van der Waals surface area contributed by atoms with Gasteiger partial charge < -0.3 is 9.84 Å². The normalized spacial score (nSPS) is 32.9. The van der Waals surface area contributed by atoms with Crippen molar-refractivity contribution >= 4 is 0 Å². The first-order valence-corrected chi connectivity index (χ1v) is 4.98. The Bertz CT molecular complexity index is 429. The van der Waals surface area contributed by atoms with E-state index in [1.807, 2.05) is 0 Å². The third kappa shape index (κ3) is 1.58. The highest BCUT2D eigenvalue weighted by atomic mass is 19.1. The number of nitriles is 1. The second-order valence-corrected chi connectivity index (χ2v) is 4.20. The van der Waals surface area contributed by atoms with Crippen LogP contribution in [0, 0.1) is 17.1 Å². The van der Waals surface area contributed by atoms with E-state index in [1.54, 1.807) is 12.1 Å². The summed E-state index contributed by atoms with van der Waals surface area (Å²) < 4.78 is 17.7. The van der Waals surface area contributed by atoms with Crippen LogP contribution in [0.1, 0.15) is 18.4 Å². The number of aliphatic hydroxyl groups is 1. The topological polar surface area (TPSA) is 53.2 Å². The average Bonchev–Trinajstić information content (AvgIpc) is 2.26. The Hall–Kier alpha value is -1.44. The lowest BCUT2D eigenvalue weighted by Crippen LogP contribution is -2.55. The molecule has 0 aliphatic heterocycles. The molecule has 0 atom stereocenters. The molecule has 1 aliphatic carbocycles. The third-order valence-corrected chi connectivity index (χ3v) is 3.15. The van der Waals surface area contributed by atoms with E-state index in [9.17, 15) is 14.8 Å². The van der Waals surface area contributed by atoms with E-state index in [0.717, 1.165) is 5.56 Å². The molecule has 1 N–H and O–H groups in total. The number of ether oxygens (including phenoxy) is 1. The number of methoxy groups -OCH3 is 1. The molecule has 0 aromatic heterocycles. The second kappa shape index (κ2) is 3.55. The van der Waals surface area contributed by atoms with Crippen LogP contribution in [0.15, 0.2) is 24.3 Å². The highest BCUT2D eigenvalue weighted by Crippen LogP contribution is 2.50. The number of nitrogens with zero attached hydrogens (tertiary/aromatic N) is 1. The molecule has 1 aliphatic rings. The Morgan fingerprint density at radius 3 is 2.38 bits per heavy atom. The average molecular weight is 221 g/mol. The number of rotatable bonds is 2. The summed E-state index contributed by atoms with van der Waals surface area (Å²) in [6.45, 7) is 0. The van der Waals surface area contributed by atoms with Crippen LogP contribution in [0.4, 0.5) is 4.39 Å². The number of hydrogen-bond donors (Lipinski definition) is 1. The van der Waals surface area contributed by atoms with Crippen molar-refractivity contribution in [2.24, 2.45) is 0 Å². The van der Waals surface area contributed by atoms with E-state index in [0.29, 0.717) is 0 Å². The molecule has 4 heteroatoms. The fourth-order valence-corrected chi connectivity index (χ4v) is 2.15. The molecule has 0 amide bonds. The predicted molar refractivity (Wildman–Crippen MR) is 54.9 cm³/mol. The quantitative estimate of drug-likeness (QED) is 0.773. The van der Waals surface area contributed by atoms with Crippen molar-refractivity contribution in [1.29, 1.82) is 5.26 Å². The van der Waals surface area contributed by atoms with Crippen molar-refractivity contribution in [1.82, 2.24) is 0 Å². The number of hydrogen-bond acceptors (Lipinski definition) is 3. The second-order valence-electron chi connectivity index (χ2n) is 4.20. The molecule has 0 spiro atoms. The summed E-state index contributed by atoms with van der Waals surface area (Å²) in [4.78, 5) is 0. The van der Waals surface area contributed by atoms with E-state index in [2.05, 4.69) is 6.07 Å².